The van der Waals surface area contributed by atoms with Crippen LogP contribution in [0.4, 0.5) is 5.69 Å². The fourth-order valence-electron chi connectivity index (χ4n) is 0.982. The van der Waals surface area contributed by atoms with Gasteiger partial charge < -0.3 is 5.73 Å². The average molecular weight is 243 g/mol. The molecule has 0 unspecified atom stereocenters. The van der Waals surface area contributed by atoms with E-state index < -0.39 is 14.9 Å². The van der Waals surface area contributed by atoms with Crippen molar-refractivity contribution in [2.45, 2.75) is 11.8 Å². The lowest BCUT2D eigenvalue weighted by Crippen LogP contribution is -2.09. The zero-order valence-corrected chi connectivity index (χ0v) is 9.14. The highest BCUT2D eigenvalue weighted by molar-refractivity contribution is 7.90. The first kappa shape index (κ1) is 12.1. The van der Waals surface area contributed by atoms with E-state index in [-0.39, 0.29) is 16.4 Å². The standard InChI is InChI=1S/C8H9N3O4S/c1-6(9)10-16(14,15)8-4-2-7(3-5-8)11(12)13/h2-5H,1H3,(H2,9,10). The first-order chi connectivity index (χ1) is 7.33. The third-order valence-corrected chi connectivity index (χ3v) is 3.01. The van der Waals surface area contributed by atoms with Gasteiger partial charge in [-0.15, -0.1) is 4.40 Å². The normalized spacial score (nSPS) is 12.4. The largest absolute Gasteiger partial charge is 0.387 e. The molecule has 0 heterocycles. The second kappa shape index (κ2) is 4.27. The zero-order valence-electron chi connectivity index (χ0n) is 8.32. The molecule has 0 spiro atoms. The van der Waals surface area contributed by atoms with Crippen molar-refractivity contribution in [2.24, 2.45) is 10.1 Å². The van der Waals surface area contributed by atoms with Gasteiger partial charge in [-0.05, 0) is 19.1 Å². The third kappa shape index (κ3) is 2.76. The van der Waals surface area contributed by atoms with Crippen molar-refractivity contribution in [1.82, 2.24) is 0 Å². The quantitative estimate of drug-likeness (QED) is 0.362. The third-order valence-electron chi connectivity index (χ3n) is 1.61. The molecule has 0 aliphatic carbocycles. The minimum atomic E-state index is -3.86. The molecule has 0 bridgehead atoms. The molecule has 0 saturated heterocycles. The average Bonchev–Trinajstić information content (AvgIpc) is 2.16. The van der Waals surface area contributed by atoms with Crippen LogP contribution in [0.1, 0.15) is 6.92 Å². The van der Waals surface area contributed by atoms with E-state index in [4.69, 9.17) is 5.73 Å². The summed E-state index contributed by atoms with van der Waals surface area (Å²) in [5.41, 5.74) is 4.97. The number of hydrogen-bond donors (Lipinski definition) is 1. The van der Waals surface area contributed by atoms with E-state index in [1.807, 2.05) is 0 Å². The Morgan fingerprint density at radius 1 is 1.38 bits per heavy atom. The van der Waals surface area contributed by atoms with Crippen molar-refractivity contribution in [1.29, 1.82) is 0 Å². The molecule has 8 heteroatoms. The van der Waals surface area contributed by atoms with E-state index in [2.05, 4.69) is 4.40 Å². The van der Waals surface area contributed by atoms with Gasteiger partial charge in [0.15, 0.2) is 0 Å². The molecule has 0 atom stereocenters. The Hall–Kier alpha value is -1.96. The summed E-state index contributed by atoms with van der Waals surface area (Å²) in [6, 6.07) is 4.41. The monoisotopic (exact) mass is 243 g/mol. The lowest BCUT2D eigenvalue weighted by Gasteiger charge is -1.98. The molecular formula is C8H9N3O4S. The summed E-state index contributed by atoms with van der Waals surface area (Å²) in [6.45, 7) is 1.34. The molecule has 0 fully saturated rings. The van der Waals surface area contributed by atoms with Gasteiger partial charge in [0.1, 0.15) is 5.84 Å². The van der Waals surface area contributed by atoms with Crippen molar-refractivity contribution < 1.29 is 13.3 Å². The topological polar surface area (TPSA) is 116 Å². The molecule has 0 aromatic heterocycles. The van der Waals surface area contributed by atoms with Gasteiger partial charge in [0, 0.05) is 12.1 Å². The Balaban J connectivity index is 3.17. The molecule has 0 radical (unpaired) electrons. The van der Waals surface area contributed by atoms with Crippen LogP contribution in [0.2, 0.25) is 0 Å². The maximum Gasteiger partial charge on any atom is 0.283 e. The van der Waals surface area contributed by atoms with Crippen LogP contribution in [0.15, 0.2) is 33.6 Å². The Bertz CT molecular complexity index is 529. The summed E-state index contributed by atoms with van der Waals surface area (Å²) >= 11 is 0. The van der Waals surface area contributed by atoms with Gasteiger partial charge >= 0.3 is 0 Å². The summed E-state index contributed by atoms with van der Waals surface area (Å²) in [7, 11) is -3.86. The number of nitrogens with zero attached hydrogens (tertiary/aromatic N) is 2. The molecule has 2 N–H and O–H groups in total. The lowest BCUT2D eigenvalue weighted by atomic mass is 10.3. The first-order valence-corrected chi connectivity index (χ1v) is 5.58. The molecule has 0 saturated carbocycles. The molecule has 0 amide bonds. The van der Waals surface area contributed by atoms with Crippen LogP contribution in [0.3, 0.4) is 0 Å². The maximum atomic E-state index is 11.5. The molecule has 0 aliphatic heterocycles. The first-order valence-electron chi connectivity index (χ1n) is 4.14. The van der Waals surface area contributed by atoms with Crippen LogP contribution < -0.4 is 5.73 Å². The van der Waals surface area contributed by atoms with Crippen LogP contribution in [0, 0.1) is 10.1 Å². The molecule has 1 aromatic carbocycles. The van der Waals surface area contributed by atoms with Crippen molar-refractivity contribution in [3.63, 3.8) is 0 Å². The fraction of sp³-hybridized carbons (Fsp3) is 0.125. The van der Waals surface area contributed by atoms with E-state index in [1.165, 1.54) is 6.92 Å². The van der Waals surface area contributed by atoms with Crippen molar-refractivity contribution in [3.8, 4) is 0 Å². The van der Waals surface area contributed by atoms with Gasteiger partial charge in [0.05, 0.1) is 9.82 Å². The Morgan fingerprint density at radius 3 is 2.25 bits per heavy atom. The Labute approximate surface area is 91.8 Å². The molecule has 1 aromatic rings. The van der Waals surface area contributed by atoms with E-state index in [1.54, 1.807) is 0 Å². The molecule has 0 aliphatic rings. The summed E-state index contributed by atoms with van der Waals surface area (Å²) in [4.78, 5) is 9.59. The number of hydrogen-bond acceptors (Lipinski definition) is 4. The van der Waals surface area contributed by atoms with Gasteiger partial charge in [-0.3, -0.25) is 10.1 Å². The SMILES string of the molecule is C/C(N)=N\S(=O)(=O)c1ccc([N+](=O)[O-])cc1. The summed E-state index contributed by atoms with van der Waals surface area (Å²) in [5, 5.41) is 10.3. The van der Waals surface area contributed by atoms with Crippen LogP contribution in [-0.4, -0.2) is 19.2 Å². The van der Waals surface area contributed by atoms with Crippen LogP contribution in [-0.2, 0) is 10.0 Å². The molecule has 7 nitrogen and oxygen atoms in total. The van der Waals surface area contributed by atoms with Crippen LogP contribution in [0.5, 0.6) is 0 Å². The summed E-state index contributed by atoms with van der Waals surface area (Å²) < 4.78 is 26.2. The highest BCUT2D eigenvalue weighted by Gasteiger charge is 2.14. The van der Waals surface area contributed by atoms with Crippen LogP contribution in [0.25, 0.3) is 0 Å². The van der Waals surface area contributed by atoms with E-state index in [0.29, 0.717) is 0 Å². The highest BCUT2D eigenvalue weighted by atomic mass is 32.2. The second-order valence-corrected chi connectivity index (χ2v) is 4.56. The number of amidine groups is 1. The Morgan fingerprint density at radius 2 is 1.88 bits per heavy atom. The van der Waals surface area contributed by atoms with Gasteiger partial charge in [-0.1, -0.05) is 0 Å². The van der Waals surface area contributed by atoms with Crippen molar-refractivity contribution in [2.75, 3.05) is 0 Å². The second-order valence-electron chi connectivity index (χ2n) is 2.96. The van der Waals surface area contributed by atoms with Crippen molar-refractivity contribution in [3.05, 3.63) is 34.4 Å². The van der Waals surface area contributed by atoms with E-state index in [0.717, 1.165) is 24.3 Å². The number of non-ortho nitro benzene ring substituents is 1. The minimum absolute atomic E-state index is 0.0987. The minimum Gasteiger partial charge on any atom is -0.387 e. The van der Waals surface area contributed by atoms with Gasteiger partial charge in [0.2, 0.25) is 0 Å². The smallest absolute Gasteiger partial charge is 0.283 e. The fourth-order valence-corrected chi connectivity index (χ4v) is 1.95. The maximum absolute atomic E-state index is 11.5. The van der Waals surface area contributed by atoms with Crippen LogP contribution >= 0.6 is 0 Å². The summed E-state index contributed by atoms with van der Waals surface area (Å²) in [5.74, 6) is -0.0987. The molecule has 1 rings (SSSR count). The van der Waals surface area contributed by atoms with E-state index >= 15 is 0 Å². The molecule has 86 valence electrons. The predicted octanol–water partition coefficient (Wildman–Crippen LogP) is 0.661. The van der Waals surface area contributed by atoms with Gasteiger partial charge in [-0.25, -0.2) is 0 Å². The number of nitro groups is 1. The summed E-state index contributed by atoms with van der Waals surface area (Å²) in [6.07, 6.45) is 0. The number of sulfonamides is 1. The Kier molecular flexibility index (Phi) is 3.23. The predicted molar refractivity (Wildman–Crippen MR) is 57.6 cm³/mol. The highest BCUT2D eigenvalue weighted by Crippen LogP contribution is 2.17. The zero-order chi connectivity index (χ0) is 12.3. The van der Waals surface area contributed by atoms with Crippen molar-refractivity contribution >= 4 is 21.5 Å². The molecular weight excluding hydrogens is 234 g/mol. The van der Waals surface area contributed by atoms with Gasteiger partial charge in [0.25, 0.3) is 15.7 Å². The van der Waals surface area contributed by atoms with E-state index in [9.17, 15) is 18.5 Å². The lowest BCUT2D eigenvalue weighted by molar-refractivity contribution is -0.384. The number of nitro benzene ring substituents is 1. The number of rotatable bonds is 3. The number of benzene rings is 1. The number of nitrogens with two attached hydrogens (primary N) is 1. The van der Waals surface area contributed by atoms with Gasteiger partial charge in [-0.2, -0.15) is 8.42 Å². The molecule has 16 heavy (non-hydrogen) atoms.